The summed E-state index contributed by atoms with van der Waals surface area (Å²) in [5, 5.41) is 5.33. The molecule has 0 aliphatic carbocycles. The highest BCUT2D eigenvalue weighted by Gasteiger charge is 2.40. The van der Waals surface area contributed by atoms with Crippen molar-refractivity contribution in [1.82, 2.24) is 10.6 Å². The molecule has 6 nitrogen and oxygen atoms in total. The monoisotopic (exact) mass is 350 g/mol. The second kappa shape index (κ2) is 8.63. The molecule has 0 spiro atoms. The predicted molar refractivity (Wildman–Crippen MR) is 94.0 cm³/mol. The number of benzene rings is 1. The molecule has 0 unspecified atom stereocenters. The lowest BCUT2D eigenvalue weighted by atomic mass is 9.88. The van der Waals surface area contributed by atoms with Gasteiger partial charge in [-0.05, 0) is 11.8 Å². The number of nitrogens with one attached hydrogen (secondary N) is 2. The first-order chi connectivity index (χ1) is 11.6. The molecule has 1 aromatic carbocycles. The van der Waals surface area contributed by atoms with Crippen molar-refractivity contribution in [1.29, 1.82) is 0 Å². The number of thioether (sulfide) groups is 1. The molecule has 1 aliphatic heterocycles. The number of carbonyl (C=O) groups is 2. The number of rotatable bonds is 7. The molecule has 0 aromatic heterocycles. The van der Waals surface area contributed by atoms with Gasteiger partial charge < -0.3 is 20.1 Å². The van der Waals surface area contributed by atoms with Gasteiger partial charge in [0.2, 0.25) is 0 Å². The van der Waals surface area contributed by atoms with Gasteiger partial charge in [-0.1, -0.05) is 31.7 Å². The minimum absolute atomic E-state index is 0.322. The lowest BCUT2D eigenvalue weighted by molar-refractivity contribution is -0.147. The number of para-hydroxylation sites is 1. The second-order valence-electron chi connectivity index (χ2n) is 5.19. The summed E-state index contributed by atoms with van der Waals surface area (Å²) < 4.78 is 10.7. The van der Waals surface area contributed by atoms with E-state index in [-0.39, 0.29) is 0 Å². The van der Waals surface area contributed by atoms with Crippen LogP contribution in [0.1, 0.15) is 18.5 Å². The lowest BCUT2D eigenvalue weighted by Gasteiger charge is -2.33. The fourth-order valence-electron chi connectivity index (χ4n) is 2.58. The first-order valence-electron chi connectivity index (χ1n) is 7.72. The van der Waals surface area contributed by atoms with Gasteiger partial charge in [0.05, 0.1) is 13.2 Å². The van der Waals surface area contributed by atoms with E-state index in [4.69, 9.17) is 9.47 Å². The van der Waals surface area contributed by atoms with Gasteiger partial charge in [-0.3, -0.25) is 4.79 Å². The largest absolute Gasteiger partial charge is 0.496 e. The Morgan fingerprint density at radius 2 is 2.12 bits per heavy atom. The molecule has 0 saturated carbocycles. The molecule has 1 heterocycles. The Hall–Kier alpha value is -2.15. The standard InChI is InChI=1S/C17H22N2O4S/c1-4-24-10-9-23-16(20)14-11(2)18-17(21)19-15(14)12-7-5-6-8-13(12)22-3/h5-8,14-15H,2,4,9-10H2,1,3H3,(H2,18,19,21)/t14-,15-/m0/s1. The molecule has 1 aliphatic rings. The molecule has 0 radical (unpaired) electrons. The molecule has 2 N–H and O–H groups in total. The second-order valence-corrected chi connectivity index (χ2v) is 6.58. The van der Waals surface area contributed by atoms with E-state index in [1.54, 1.807) is 24.9 Å². The van der Waals surface area contributed by atoms with Crippen molar-refractivity contribution in [2.75, 3.05) is 25.2 Å². The van der Waals surface area contributed by atoms with Crippen LogP contribution in [0.15, 0.2) is 36.5 Å². The van der Waals surface area contributed by atoms with Crippen LogP contribution in [0.4, 0.5) is 4.79 Å². The minimum Gasteiger partial charge on any atom is -0.496 e. The van der Waals surface area contributed by atoms with Crippen LogP contribution < -0.4 is 15.4 Å². The third-order valence-corrected chi connectivity index (χ3v) is 4.54. The number of esters is 1. The quantitative estimate of drug-likeness (QED) is 0.584. The predicted octanol–water partition coefficient (Wildman–Crippen LogP) is 2.48. The number of carbonyl (C=O) groups excluding carboxylic acids is 2. The number of methoxy groups -OCH3 is 1. The lowest BCUT2D eigenvalue weighted by Crippen LogP contribution is -2.51. The van der Waals surface area contributed by atoms with Crippen molar-refractivity contribution in [2.24, 2.45) is 5.92 Å². The summed E-state index contributed by atoms with van der Waals surface area (Å²) >= 11 is 1.70. The van der Waals surface area contributed by atoms with Crippen LogP contribution in [-0.2, 0) is 9.53 Å². The fourth-order valence-corrected chi connectivity index (χ4v) is 3.07. The molecule has 0 bridgehead atoms. The summed E-state index contributed by atoms with van der Waals surface area (Å²) in [6.45, 7) is 6.20. The first kappa shape index (κ1) is 18.2. The Kier molecular flexibility index (Phi) is 6.54. The molecule has 2 amide bonds. The van der Waals surface area contributed by atoms with Crippen molar-refractivity contribution >= 4 is 23.8 Å². The average molecular weight is 350 g/mol. The van der Waals surface area contributed by atoms with Gasteiger partial charge in [0.15, 0.2) is 0 Å². The highest BCUT2D eigenvalue weighted by atomic mass is 32.2. The normalized spacial score (nSPS) is 20.1. The summed E-state index contributed by atoms with van der Waals surface area (Å²) in [7, 11) is 1.55. The molecule has 7 heteroatoms. The van der Waals surface area contributed by atoms with Gasteiger partial charge in [-0.25, -0.2) is 4.79 Å². The molecule has 2 atom stereocenters. The first-order valence-corrected chi connectivity index (χ1v) is 8.87. The van der Waals surface area contributed by atoms with E-state index in [1.807, 2.05) is 25.1 Å². The van der Waals surface area contributed by atoms with Gasteiger partial charge in [-0.15, -0.1) is 0 Å². The zero-order valence-electron chi connectivity index (χ0n) is 13.8. The molecular weight excluding hydrogens is 328 g/mol. The Morgan fingerprint density at radius 1 is 1.38 bits per heavy atom. The van der Waals surface area contributed by atoms with Crippen LogP contribution in [-0.4, -0.2) is 37.2 Å². The van der Waals surface area contributed by atoms with E-state index in [1.165, 1.54) is 0 Å². The molecule has 24 heavy (non-hydrogen) atoms. The zero-order valence-corrected chi connectivity index (χ0v) is 14.7. The zero-order chi connectivity index (χ0) is 17.5. The molecule has 1 saturated heterocycles. The topological polar surface area (TPSA) is 76.7 Å². The molecule has 130 valence electrons. The summed E-state index contributed by atoms with van der Waals surface area (Å²) in [5.41, 5.74) is 1.03. The van der Waals surface area contributed by atoms with Crippen LogP contribution in [0, 0.1) is 5.92 Å². The third-order valence-electron chi connectivity index (χ3n) is 3.67. The Labute approximate surface area is 146 Å². The fraction of sp³-hybridized carbons (Fsp3) is 0.412. The van der Waals surface area contributed by atoms with Crippen molar-refractivity contribution in [3.63, 3.8) is 0 Å². The van der Waals surface area contributed by atoms with Crippen LogP contribution in [0.5, 0.6) is 5.75 Å². The van der Waals surface area contributed by atoms with Crippen LogP contribution in [0.3, 0.4) is 0 Å². The molecule has 1 aromatic rings. The van der Waals surface area contributed by atoms with E-state index in [9.17, 15) is 9.59 Å². The minimum atomic E-state index is -0.717. The number of ether oxygens (including phenoxy) is 2. The Morgan fingerprint density at radius 3 is 2.83 bits per heavy atom. The summed E-state index contributed by atoms with van der Waals surface area (Å²) in [6.07, 6.45) is 0. The van der Waals surface area contributed by atoms with Gasteiger partial charge in [0, 0.05) is 17.0 Å². The van der Waals surface area contributed by atoms with Crippen molar-refractivity contribution in [3.8, 4) is 5.75 Å². The van der Waals surface area contributed by atoms with Crippen molar-refractivity contribution in [3.05, 3.63) is 42.1 Å². The van der Waals surface area contributed by atoms with Gasteiger partial charge >= 0.3 is 12.0 Å². The molecule has 1 fully saturated rings. The maximum Gasteiger partial charge on any atom is 0.319 e. The number of amides is 2. The highest BCUT2D eigenvalue weighted by molar-refractivity contribution is 7.99. The number of urea groups is 1. The van der Waals surface area contributed by atoms with Crippen LogP contribution in [0.2, 0.25) is 0 Å². The van der Waals surface area contributed by atoms with E-state index >= 15 is 0 Å². The van der Waals surface area contributed by atoms with Crippen molar-refractivity contribution in [2.45, 2.75) is 13.0 Å². The summed E-state index contributed by atoms with van der Waals surface area (Å²) in [5.74, 6) is 1.16. The maximum atomic E-state index is 12.5. The Bertz CT molecular complexity index is 620. The van der Waals surface area contributed by atoms with E-state index < -0.39 is 24.0 Å². The van der Waals surface area contributed by atoms with E-state index in [2.05, 4.69) is 17.2 Å². The third kappa shape index (κ3) is 4.23. The van der Waals surface area contributed by atoms with Crippen LogP contribution in [0.25, 0.3) is 0 Å². The van der Waals surface area contributed by atoms with E-state index in [0.29, 0.717) is 23.6 Å². The molecular formula is C17H22N2O4S. The average Bonchev–Trinajstić information content (AvgIpc) is 2.57. The maximum absolute atomic E-state index is 12.5. The molecule has 2 rings (SSSR count). The van der Waals surface area contributed by atoms with Crippen LogP contribution >= 0.6 is 11.8 Å². The summed E-state index contributed by atoms with van der Waals surface area (Å²) in [6, 6.07) is 6.27. The Balaban J connectivity index is 2.22. The van der Waals surface area contributed by atoms with E-state index in [0.717, 1.165) is 11.5 Å². The van der Waals surface area contributed by atoms with Crippen molar-refractivity contribution < 1.29 is 19.1 Å². The number of hydrogen-bond acceptors (Lipinski definition) is 5. The highest BCUT2D eigenvalue weighted by Crippen LogP contribution is 2.35. The smallest absolute Gasteiger partial charge is 0.319 e. The SMILES string of the molecule is C=C1NC(=O)N[C@@H](c2ccccc2OC)[C@H]1C(=O)OCCSCC. The van der Waals surface area contributed by atoms with Gasteiger partial charge in [0.1, 0.15) is 18.3 Å². The van der Waals surface area contributed by atoms with Gasteiger partial charge in [0.25, 0.3) is 0 Å². The number of hydrogen-bond donors (Lipinski definition) is 2. The van der Waals surface area contributed by atoms with Gasteiger partial charge in [-0.2, -0.15) is 11.8 Å². The summed E-state index contributed by atoms with van der Waals surface area (Å²) in [4.78, 5) is 24.4.